The zero-order chi connectivity index (χ0) is 16.8. The molecule has 0 bridgehead atoms. The summed E-state index contributed by atoms with van der Waals surface area (Å²) in [4.78, 5) is 6.79. The summed E-state index contributed by atoms with van der Waals surface area (Å²) in [6.07, 6.45) is 6.53. The van der Waals surface area contributed by atoms with E-state index in [-0.39, 0.29) is 0 Å². The van der Waals surface area contributed by atoms with Crippen molar-refractivity contribution in [3.63, 3.8) is 0 Å². The quantitative estimate of drug-likeness (QED) is 0.694. The van der Waals surface area contributed by atoms with Crippen LogP contribution in [0.5, 0.6) is 0 Å². The van der Waals surface area contributed by atoms with Crippen LogP contribution in [-0.2, 0) is 13.1 Å². The van der Waals surface area contributed by atoms with Gasteiger partial charge < -0.3 is 10.2 Å². The summed E-state index contributed by atoms with van der Waals surface area (Å²) < 4.78 is 1.98. The monoisotopic (exact) mass is 325 g/mol. The van der Waals surface area contributed by atoms with Crippen LogP contribution >= 0.6 is 0 Å². The second-order valence-electron chi connectivity index (χ2n) is 6.60. The molecule has 5 nitrogen and oxygen atoms in total. The highest BCUT2D eigenvalue weighted by Gasteiger charge is 2.18. The molecule has 0 amide bonds. The van der Waals surface area contributed by atoms with Gasteiger partial charge in [-0.15, -0.1) is 0 Å². The summed E-state index contributed by atoms with van der Waals surface area (Å²) in [6, 6.07) is 10.4. The first kappa shape index (κ1) is 16.6. The van der Waals surface area contributed by atoms with Crippen LogP contribution in [0.3, 0.4) is 0 Å². The summed E-state index contributed by atoms with van der Waals surface area (Å²) in [5, 5.41) is 7.93. The molecule has 5 heteroatoms. The Kier molecular flexibility index (Phi) is 5.51. The summed E-state index contributed by atoms with van der Waals surface area (Å²) >= 11 is 0. The number of nitrogens with zero attached hydrogens (tertiary/aromatic N) is 4. The number of rotatable bonds is 4. The molecule has 1 aliphatic rings. The molecule has 1 aliphatic heterocycles. The molecule has 24 heavy (non-hydrogen) atoms. The Bertz CT molecular complexity index is 653. The minimum atomic E-state index is 0.757. The molecule has 0 aliphatic carbocycles. The number of aliphatic imine (C=N–C) groups is 1. The minimum Gasteiger partial charge on any atom is -0.352 e. The van der Waals surface area contributed by atoms with Crippen molar-refractivity contribution >= 4 is 5.96 Å². The number of guanidine groups is 1. The van der Waals surface area contributed by atoms with Gasteiger partial charge in [0.2, 0.25) is 0 Å². The summed E-state index contributed by atoms with van der Waals surface area (Å²) in [5.41, 5.74) is 2.44. The Hall–Kier alpha value is -2.30. The third kappa shape index (κ3) is 4.37. The van der Waals surface area contributed by atoms with Gasteiger partial charge in [-0.25, -0.2) is 0 Å². The smallest absolute Gasteiger partial charge is 0.193 e. The van der Waals surface area contributed by atoms with Crippen LogP contribution in [0.25, 0.3) is 0 Å². The van der Waals surface area contributed by atoms with Gasteiger partial charge in [0.15, 0.2) is 5.96 Å². The Morgan fingerprint density at radius 3 is 2.67 bits per heavy atom. The fourth-order valence-corrected chi connectivity index (χ4v) is 3.09. The third-order valence-electron chi connectivity index (χ3n) is 4.62. The van der Waals surface area contributed by atoms with Crippen LogP contribution in [0.15, 0.2) is 47.7 Å². The molecule has 3 rings (SSSR count). The number of benzene rings is 1. The fourth-order valence-electron chi connectivity index (χ4n) is 3.09. The fraction of sp³-hybridized carbons (Fsp3) is 0.474. The van der Waals surface area contributed by atoms with E-state index in [2.05, 4.69) is 57.7 Å². The highest BCUT2D eigenvalue weighted by atomic mass is 15.3. The summed E-state index contributed by atoms with van der Waals surface area (Å²) in [7, 11) is 1.86. The van der Waals surface area contributed by atoms with Gasteiger partial charge in [0.25, 0.3) is 0 Å². The first-order valence-electron chi connectivity index (χ1n) is 8.75. The van der Waals surface area contributed by atoms with Crippen LogP contribution in [0, 0.1) is 5.92 Å². The largest absolute Gasteiger partial charge is 0.352 e. The molecule has 1 fully saturated rings. The van der Waals surface area contributed by atoms with E-state index in [0.29, 0.717) is 0 Å². The molecule has 1 aromatic carbocycles. The number of likely N-dealkylation sites (tertiary alicyclic amines) is 1. The standard InChI is InChI=1S/C19H27N5/c1-16-8-10-23(11-9-16)19(20-2)21-12-18-13-22-24(15-18)14-17-6-4-3-5-7-17/h3-7,13,15-16H,8-12,14H2,1-2H3,(H,20,21). The van der Waals surface area contributed by atoms with E-state index in [0.717, 1.165) is 38.1 Å². The van der Waals surface area contributed by atoms with Crippen LogP contribution < -0.4 is 5.32 Å². The number of nitrogens with one attached hydrogen (secondary N) is 1. The Balaban J connectivity index is 1.53. The molecule has 2 aromatic rings. The molecule has 2 heterocycles. The Morgan fingerprint density at radius 1 is 1.21 bits per heavy atom. The molecule has 0 unspecified atom stereocenters. The summed E-state index contributed by atoms with van der Waals surface area (Å²) in [6.45, 7) is 6.07. The van der Waals surface area contributed by atoms with Gasteiger partial charge in [0.1, 0.15) is 0 Å². The highest BCUT2D eigenvalue weighted by molar-refractivity contribution is 5.79. The lowest BCUT2D eigenvalue weighted by atomic mass is 10.00. The van der Waals surface area contributed by atoms with Gasteiger partial charge in [0, 0.05) is 38.4 Å². The van der Waals surface area contributed by atoms with Crippen molar-refractivity contribution in [2.45, 2.75) is 32.9 Å². The zero-order valence-electron chi connectivity index (χ0n) is 14.7. The number of piperidine rings is 1. The maximum absolute atomic E-state index is 4.46. The van der Waals surface area contributed by atoms with E-state index in [1.165, 1.54) is 24.0 Å². The van der Waals surface area contributed by atoms with Gasteiger partial charge in [0.05, 0.1) is 12.7 Å². The van der Waals surface area contributed by atoms with Crippen molar-refractivity contribution < 1.29 is 0 Å². The molecule has 128 valence electrons. The molecule has 0 radical (unpaired) electrons. The Morgan fingerprint density at radius 2 is 1.96 bits per heavy atom. The molecular formula is C19H27N5. The number of aromatic nitrogens is 2. The van der Waals surface area contributed by atoms with E-state index in [9.17, 15) is 0 Å². The molecule has 0 saturated carbocycles. The van der Waals surface area contributed by atoms with Crippen LogP contribution in [-0.4, -0.2) is 40.8 Å². The molecule has 0 atom stereocenters. The predicted molar refractivity (Wildman–Crippen MR) is 97.9 cm³/mol. The SMILES string of the molecule is CN=C(NCc1cnn(Cc2ccccc2)c1)N1CCC(C)CC1. The normalized spacial score (nSPS) is 16.4. The van der Waals surface area contributed by atoms with Crippen LogP contribution in [0.4, 0.5) is 0 Å². The second-order valence-corrected chi connectivity index (χ2v) is 6.60. The van der Waals surface area contributed by atoms with Gasteiger partial charge >= 0.3 is 0 Å². The molecular weight excluding hydrogens is 298 g/mol. The first-order chi connectivity index (χ1) is 11.7. The lowest BCUT2D eigenvalue weighted by Gasteiger charge is -2.32. The average molecular weight is 325 g/mol. The third-order valence-corrected chi connectivity index (χ3v) is 4.62. The van der Waals surface area contributed by atoms with E-state index in [1.54, 1.807) is 0 Å². The van der Waals surface area contributed by atoms with Crippen LogP contribution in [0.1, 0.15) is 30.9 Å². The van der Waals surface area contributed by atoms with Crippen molar-refractivity contribution in [3.8, 4) is 0 Å². The van der Waals surface area contributed by atoms with E-state index in [4.69, 9.17) is 0 Å². The Labute approximate surface area is 144 Å². The van der Waals surface area contributed by atoms with E-state index in [1.807, 2.05) is 24.0 Å². The van der Waals surface area contributed by atoms with Gasteiger partial charge in [-0.05, 0) is 24.3 Å². The molecule has 0 spiro atoms. The van der Waals surface area contributed by atoms with Crippen molar-refractivity contribution in [1.29, 1.82) is 0 Å². The molecule has 1 N–H and O–H groups in total. The number of hydrogen-bond acceptors (Lipinski definition) is 2. The van der Waals surface area contributed by atoms with Crippen LogP contribution in [0.2, 0.25) is 0 Å². The van der Waals surface area contributed by atoms with Crippen molar-refractivity contribution in [3.05, 3.63) is 53.9 Å². The summed E-state index contributed by atoms with van der Waals surface area (Å²) in [5.74, 6) is 1.83. The predicted octanol–water partition coefficient (Wildman–Crippen LogP) is 2.74. The lowest BCUT2D eigenvalue weighted by Crippen LogP contribution is -2.45. The maximum Gasteiger partial charge on any atom is 0.193 e. The maximum atomic E-state index is 4.46. The second kappa shape index (κ2) is 7.99. The molecule has 1 saturated heterocycles. The van der Waals surface area contributed by atoms with Crippen molar-refractivity contribution in [2.24, 2.45) is 10.9 Å². The molecule has 1 aromatic heterocycles. The van der Waals surface area contributed by atoms with Crippen molar-refractivity contribution in [2.75, 3.05) is 20.1 Å². The van der Waals surface area contributed by atoms with E-state index < -0.39 is 0 Å². The highest BCUT2D eigenvalue weighted by Crippen LogP contribution is 2.16. The first-order valence-corrected chi connectivity index (χ1v) is 8.75. The zero-order valence-corrected chi connectivity index (χ0v) is 14.7. The van der Waals surface area contributed by atoms with Gasteiger partial charge in [-0.1, -0.05) is 37.3 Å². The number of hydrogen-bond donors (Lipinski definition) is 1. The topological polar surface area (TPSA) is 45.5 Å². The van der Waals surface area contributed by atoms with E-state index >= 15 is 0 Å². The lowest BCUT2D eigenvalue weighted by molar-refractivity contribution is 0.273. The van der Waals surface area contributed by atoms with Gasteiger partial charge in [-0.2, -0.15) is 5.10 Å². The minimum absolute atomic E-state index is 0.757. The van der Waals surface area contributed by atoms with Crippen molar-refractivity contribution in [1.82, 2.24) is 20.0 Å². The average Bonchev–Trinajstić information content (AvgIpc) is 3.05. The van der Waals surface area contributed by atoms with Gasteiger partial charge in [-0.3, -0.25) is 9.67 Å².